The van der Waals surface area contributed by atoms with Crippen molar-refractivity contribution in [1.29, 1.82) is 0 Å². The molecule has 2 N–H and O–H groups in total. The van der Waals surface area contributed by atoms with Gasteiger partial charge >= 0.3 is 6.03 Å². The third kappa shape index (κ3) is 3.74. The van der Waals surface area contributed by atoms with Crippen molar-refractivity contribution >= 4 is 23.5 Å². The molecule has 0 aliphatic heterocycles. The standard InChI is InChI=1S/C10H14ClN3O3/c1-5(11)9(15)13-10(16)12-4-8-6(2)14-17-7(8)3/h5H,4H2,1-3H3,(H2,12,13,15,16). The van der Waals surface area contributed by atoms with E-state index in [1.165, 1.54) is 6.92 Å². The smallest absolute Gasteiger partial charge is 0.321 e. The highest BCUT2D eigenvalue weighted by atomic mass is 35.5. The monoisotopic (exact) mass is 259 g/mol. The summed E-state index contributed by atoms with van der Waals surface area (Å²) in [6.07, 6.45) is 0. The second-order valence-corrected chi connectivity index (χ2v) is 4.25. The van der Waals surface area contributed by atoms with Crippen LogP contribution in [0.25, 0.3) is 0 Å². The van der Waals surface area contributed by atoms with E-state index in [0.717, 1.165) is 5.56 Å². The molecule has 0 fully saturated rings. The zero-order valence-corrected chi connectivity index (χ0v) is 10.6. The lowest BCUT2D eigenvalue weighted by atomic mass is 10.2. The van der Waals surface area contributed by atoms with Gasteiger partial charge in [-0.25, -0.2) is 4.79 Å². The van der Waals surface area contributed by atoms with Gasteiger partial charge in [-0.05, 0) is 20.8 Å². The van der Waals surface area contributed by atoms with Crippen LogP contribution in [-0.4, -0.2) is 22.5 Å². The van der Waals surface area contributed by atoms with Crippen molar-refractivity contribution in [3.8, 4) is 0 Å². The summed E-state index contributed by atoms with van der Waals surface area (Å²) in [5.41, 5.74) is 1.51. The lowest BCUT2D eigenvalue weighted by Gasteiger charge is -2.07. The Balaban J connectivity index is 2.47. The van der Waals surface area contributed by atoms with Crippen LogP contribution in [0.3, 0.4) is 0 Å². The number of nitrogens with one attached hydrogen (secondary N) is 2. The van der Waals surface area contributed by atoms with Crippen molar-refractivity contribution in [2.75, 3.05) is 0 Å². The van der Waals surface area contributed by atoms with E-state index in [4.69, 9.17) is 16.1 Å². The maximum absolute atomic E-state index is 11.3. The number of amides is 3. The summed E-state index contributed by atoms with van der Waals surface area (Å²) in [6.45, 7) is 5.26. The van der Waals surface area contributed by atoms with Gasteiger partial charge in [-0.3, -0.25) is 10.1 Å². The number of aryl methyl sites for hydroxylation is 2. The molecule has 7 heteroatoms. The maximum Gasteiger partial charge on any atom is 0.321 e. The summed E-state index contributed by atoms with van der Waals surface area (Å²) in [5, 5.41) is 7.63. The molecule has 1 aromatic rings. The molecule has 17 heavy (non-hydrogen) atoms. The first kappa shape index (κ1) is 13.5. The number of carbonyl (C=O) groups is 2. The van der Waals surface area contributed by atoms with E-state index in [2.05, 4.69) is 15.8 Å². The predicted octanol–water partition coefficient (Wildman–Crippen LogP) is 1.24. The van der Waals surface area contributed by atoms with Crippen LogP contribution in [0.2, 0.25) is 0 Å². The van der Waals surface area contributed by atoms with E-state index in [0.29, 0.717) is 11.5 Å². The largest absolute Gasteiger partial charge is 0.361 e. The zero-order valence-electron chi connectivity index (χ0n) is 9.83. The number of alkyl halides is 1. The Morgan fingerprint density at radius 3 is 2.59 bits per heavy atom. The van der Waals surface area contributed by atoms with Crippen LogP contribution < -0.4 is 10.6 Å². The van der Waals surface area contributed by atoms with Crippen LogP contribution in [0.5, 0.6) is 0 Å². The zero-order chi connectivity index (χ0) is 13.0. The fourth-order valence-electron chi connectivity index (χ4n) is 1.18. The van der Waals surface area contributed by atoms with Gasteiger partial charge in [0.05, 0.1) is 5.69 Å². The first-order chi connectivity index (χ1) is 7.91. The van der Waals surface area contributed by atoms with Gasteiger partial charge in [-0.2, -0.15) is 0 Å². The van der Waals surface area contributed by atoms with Crippen molar-refractivity contribution in [3.05, 3.63) is 17.0 Å². The van der Waals surface area contributed by atoms with Crippen LogP contribution in [0.1, 0.15) is 23.9 Å². The highest BCUT2D eigenvalue weighted by molar-refractivity contribution is 6.31. The lowest BCUT2D eigenvalue weighted by Crippen LogP contribution is -2.42. The Morgan fingerprint density at radius 2 is 2.12 bits per heavy atom. The van der Waals surface area contributed by atoms with Crippen molar-refractivity contribution in [2.24, 2.45) is 0 Å². The molecule has 0 aliphatic carbocycles. The van der Waals surface area contributed by atoms with Gasteiger partial charge in [0.15, 0.2) is 0 Å². The molecule has 1 heterocycles. The third-order valence-electron chi connectivity index (χ3n) is 2.20. The third-order valence-corrected chi connectivity index (χ3v) is 2.40. The second kappa shape index (κ2) is 5.67. The molecule has 6 nitrogen and oxygen atoms in total. The quantitative estimate of drug-likeness (QED) is 0.800. The van der Waals surface area contributed by atoms with E-state index < -0.39 is 17.3 Å². The first-order valence-corrected chi connectivity index (χ1v) is 5.50. The van der Waals surface area contributed by atoms with Crippen LogP contribution in [0.4, 0.5) is 4.79 Å². The Bertz CT molecular complexity index is 409. The Hall–Kier alpha value is -1.56. The first-order valence-electron chi connectivity index (χ1n) is 5.06. The number of nitrogens with zero attached hydrogens (tertiary/aromatic N) is 1. The van der Waals surface area contributed by atoms with E-state index in [-0.39, 0.29) is 6.54 Å². The van der Waals surface area contributed by atoms with Gasteiger partial charge in [-0.1, -0.05) is 5.16 Å². The molecule has 0 saturated heterocycles. The average molecular weight is 260 g/mol. The number of hydrogen-bond acceptors (Lipinski definition) is 4. The SMILES string of the molecule is Cc1noc(C)c1CNC(=O)NC(=O)C(C)Cl. The summed E-state index contributed by atoms with van der Waals surface area (Å²) in [5.74, 6) is 0.0998. The normalized spacial score (nSPS) is 12.0. The Labute approximate surface area is 104 Å². The van der Waals surface area contributed by atoms with Gasteiger partial charge in [0.1, 0.15) is 11.1 Å². The summed E-state index contributed by atoms with van der Waals surface area (Å²) in [7, 11) is 0. The van der Waals surface area contributed by atoms with Crippen molar-refractivity contribution in [1.82, 2.24) is 15.8 Å². The fraction of sp³-hybridized carbons (Fsp3) is 0.500. The van der Waals surface area contributed by atoms with Crippen LogP contribution in [-0.2, 0) is 11.3 Å². The number of aromatic nitrogens is 1. The maximum atomic E-state index is 11.3. The molecular weight excluding hydrogens is 246 g/mol. The van der Waals surface area contributed by atoms with E-state index >= 15 is 0 Å². The van der Waals surface area contributed by atoms with E-state index in [9.17, 15) is 9.59 Å². The minimum Gasteiger partial charge on any atom is -0.361 e. The molecule has 1 atom stereocenters. The molecule has 0 spiro atoms. The number of carbonyl (C=O) groups excluding carboxylic acids is 2. The van der Waals surface area contributed by atoms with Gasteiger partial charge < -0.3 is 9.84 Å². The van der Waals surface area contributed by atoms with E-state index in [1.807, 2.05) is 0 Å². The van der Waals surface area contributed by atoms with Crippen LogP contribution in [0, 0.1) is 13.8 Å². The summed E-state index contributed by atoms with van der Waals surface area (Å²) in [6, 6.07) is -0.595. The topological polar surface area (TPSA) is 84.2 Å². The van der Waals surface area contributed by atoms with E-state index in [1.54, 1.807) is 13.8 Å². The van der Waals surface area contributed by atoms with Crippen molar-refractivity contribution < 1.29 is 14.1 Å². The van der Waals surface area contributed by atoms with Crippen molar-refractivity contribution in [2.45, 2.75) is 32.7 Å². The minimum absolute atomic E-state index is 0.247. The molecule has 0 radical (unpaired) electrons. The van der Waals surface area contributed by atoms with Gasteiger partial charge in [0.25, 0.3) is 0 Å². The molecular formula is C10H14ClN3O3. The second-order valence-electron chi connectivity index (χ2n) is 3.59. The highest BCUT2D eigenvalue weighted by Gasteiger charge is 2.14. The minimum atomic E-state index is -0.750. The molecule has 3 amide bonds. The number of halogens is 1. The molecule has 1 aromatic heterocycles. The Morgan fingerprint density at radius 1 is 1.47 bits per heavy atom. The number of hydrogen-bond donors (Lipinski definition) is 2. The summed E-state index contributed by atoms with van der Waals surface area (Å²) >= 11 is 5.51. The molecule has 94 valence electrons. The van der Waals surface area contributed by atoms with Crippen LogP contribution in [0.15, 0.2) is 4.52 Å². The molecule has 0 bridgehead atoms. The summed E-state index contributed by atoms with van der Waals surface area (Å²) in [4.78, 5) is 22.4. The van der Waals surface area contributed by atoms with Crippen LogP contribution >= 0.6 is 11.6 Å². The number of imide groups is 1. The molecule has 1 unspecified atom stereocenters. The van der Waals surface area contributed by atoms with Crippen molar-refractivity contribution in [3.63, 3.8) is 0 Å². The predicted molar refractivity (Wildman–Crippen MR) is 61.7 cm³/mol. The molecule has 1 rings (SSSR count). The molecule has 0 aromatic carbocycles. The number of urea groups is 1. The highest BCUT2D eigenvalue weighted by Crippen LogP contribution is 2.11. The fourth-order valence-corrected chi connectivity index (χ4v) is 1.23. The Kier molecular flexibility index (Phi) is 4.51. The lowest BCUT2D eigenvalue weighted by molar-refractivity contribution is -0.119. The number of rotatable bonds is 3. The molecule has 0 saturated carbocycles. The summed E-state index contributed by atoms with van der Waals surface area (Å²) < 4.78 is 4.94. The average Bonchev–Trinajstić information content (AvgIpc) is 2.56. The van der Waals surface area contributed by atoms with Gasteiger partial charge in [0, 0.05) is 12.1 Å². The van der Waals surface area contributed by atoms with Gasteiger partial charge in [0.2, 0.25) is 5.91 Å². The molecule has 0 aliphatic rings. The van der Waals surface area contributed by atoms with Gasteiger partial charge in [-0.15, -0.1) is 11.6 Å².